The van der Waals surface area contributed by atoms with Crippen molar-refractivity contribution in [2.75, 3.05) is 0 Å². The molecular formula is C30H54O. The molecule has 0 saturated heterocycles. The van der Waals surface area contributed by atoms with E-state index >= 15 is 0 Å². The number of rotatable bonds is 5. The van der Waals surface area contributed by atoms with E-state index in [9.17, 15) is 5.11 Å². The van der Waals surface area contributed by atoms with E-state index in [-0.39, 0.29) is 6.10 Å². The van der Waals surface area contributed by atoms with Gasteiger partial charge in [0, 0.05) is 0 Å². The second-order valence-corrected chi connectivity index (χ2v) is 14.7. The van der Waals surface area contributed by atoms with E-state index in [0.29, 0.717) is 27.6 Å². The fraction of sp³-hybridized carbons (Fsp3) is 1.00. The van der Waals surface area contributed by atoms with Crippen LogP contribution in [-0.4, -0.2) is 11.2 Å². The standard InChI is InChI=1S/C30H54O/c1-20(2)11-9-12-21(3)22-15-18-29(7)23-13-14-25-27(4,5)16-10-17-28(25,6)26(23)24(31)19-30(22,29)8/h20-26,31H,9-19H2,1-8H3/t21-,22-,23-,24+,25+,26-,28+,29+,30-/m1/s1. The highest BCUT2D eigenvalue weighted by molar-refractivity contribution is 5.17. The summed E-state index contributed by atoms with van der Waals surface area (Å²) in [5.41, 5.74) is 1.53. The Bertz CT molecular complexity index is 651. The molecule has 0 aromatic heterocycles. The van der Waals surface area contributed by atoms with Crippen LogP contribution >= 0.6 is 0 Å². The fourth-order valence-corrected chi connectivity index (χ4v) is 10.7. The van der Waals surface area contributed by atoms with Gasteiger partial charge in [-0.15, -0.1) is 0 Å². The zero-order valence-corrected chi connectivity index (χ0v) is 22.3. The molecule has 9 atom stereocenters. The van der Waals surface area contributed by atoms with Crippen molar-refractivity contribution in [2.45, 2.75) is 132 Å². The van der Waals surface area contributed by atoms with Gasteiger partial charge in [0.25, 0.3) is 0 Å². The minimum Gasteiger partial charge on any atom is -0.393 e. The molecule has 0 aliphatic heterocycles. The molecule has 1 heteroatoms. The third-order valence-electron chi connectivity index (χ3n) is 12.3. The lowest BCUT2D eigenvalue weighted by Gasteiger charge is -2.68. The molecule has 31 heavy (non-hydrogen) atoms. The van der Waals surface area contributed by atoms with E-state index in [0.717, 1.165) is 36.0 Å². The summed E-state index contributed by atoms with van der Waals surface area (Å²) in [4.78, 5) is 0. The average molecular weight is 431 g/mol. The molecule has 0 aromatic rings. The highest BCUT2D eigenvalue weighted by atomic mass is 16.3. The first-order valence-electron chi connectivity index (χ1n) is 14.0. The normalized spacial score (nSPS) is 49.9. The van der Waals surface area contributed by atoms with Crippen molar-refractivity contribution in [3.63, 3.8) is 0 Å². The third-order valence-corrected chi connectivity index (χ3v) is 12.3. The van der Waals surface area contributed by atoms with Gasteiger partial charge in [0.15, 0.2) is 0 Å². The van der Waals surface area contributed by atoms with Crippen LogP contribution in [0.4, 0.5) is 0 Å². The van der Waals surface area contributed by atoms with Crippen molar-refractivity contribution >= 4 is 0 Å². The SMILES string of the molecule is CC(C)CCC[C@@H](C)[C@H]1CC[C@@]2(C)[C@@H]3CC[C@H]4C(C)(C)CCC[C@]4(C)[C@H]3[C@@H](O)C[C@]12C. The zero-order chi connectivity index (χ0) is 22.8. The third kappa shape index (κ3) is 3.57. The van der Waals surface area contributed by atoms with Gasteiger partial charge in [0.05, 0.1) is 6.10 Å². The molecule has 4 aliphatic carbocycles. The van der Waals surface area contributed by atoms with Crippen LogP contribution in [0.2, 0.25) is 0 Å². The van der Waals surface area contributed by atoms with Crippen LogP contribution in [0.15, 0.2) is 0 Å². The molecule has 0 bridgehead atoms. The lowest BCUT2D eigenvalue weighted by Crippen LogP contribution is -2.63. The van der Waals surface area contributed by atoms with Gasteiger partial charge in [-0.05, 0) is 102 Å². The van der Waals surface area contributed by atoms with Gasteiger partial charge >= 0.3 is 0 Å². The molecule has 4 saturated carbocycles. The van der Waals surface area contributed by atoms with E-state index in [1.165, 1.54) is 64.2 Å². The van der Waals surface area contributed by atoms with Gasteiger partial charge in [-0.2, -0.15) is 0 Å². The molecule has 1 N–H and O–H groups in total. The van der Waals surface area contributed by atoms with Crippen molar-refractivity contribution in [1.29, 1.82) is 0 Å². The first-order chi connectivity index (χ1) is 14.4. The van der Waals surface area contributed by atoms with Gasteiger partial charge in [0.1, 0.15) is 0 Å². The summed E-state index contributed by atoms with van der Waals surface area (Å²) in [5.74, 6) is 4.47. The Morgan fingerprint density at radius 2 is 1.55 bits per heavy atom. The van der Waals surface area contributed by atoms with Crippen molar-refractivity contribution in [2.24, 2.45) is 57.2 Å². The molecule has 4 aliphatic rings. The first-order valence-corrected chi connectivity index (χ1v) is 14.0. The Morgan fingerprint density at radius 1 is 0.839 bits per heavy atom. The van der Waals surface area contributed by atoms with E-state index < -0.39 is 0 Å². The molecule has 4 rings (SSSR count). The molecule has 1 nitrogen and oxygen atoms in total. The average Bonchev–Trinajstić information content (AvgIpc) is 2.92. The second-order valence-electron chi connectivity index (χ2n) is 14.7. The van der Waals surface area contributed by atoms with Gasteiger partial charge in [-0.1, -0.05) is 81.1 Å². The lowest BCUT2D eigenvalue weighted by molar-refractivity contribution is -0.220. The molecule has 0 amide bonds. The number of aliphatic hydroxyl groups is 1. The summed E-state index contributed by atoms with van der Waals surface area (Å²) in [6.45, 7) is 20.2. The van der Waals surface area contributed by atoms with Gasteiger partial charge in [-0.25, -0.2) is 0 Å². The van der Waals surface area contributed by atoms with E-state index in [2.05, 4.69) is 55.4 Å². The van der Waals surface area contributed by atoms with Crippen molar-refractivity contribution in [3.05, 3.63) is 0 Å². The monoisotopic (exact) mass is 430 g/mol. The quantitative estimate of drug-likeness (QED) is 0.463. The van der Waals surface area contributed by atoms with E-state index in [1.807, 2.05) is 0 Å². The van der Waals surface area contributed by atoms with Crippen LogP contribution < -0.4 is 0 Å². The van der Waals surface area contributed by atoms with Crippen LogP contribution in [0.5, 0.6) is 0 Å². The molecule has 0 heterocycles. The van der Waals surface area contributed by atoms with E-state index in [1.54, 1.807) is 0 Å². The predicted octanol–water partition coefficient (Wildman–Crippen LogP) is 8.49. The Labute approximate surface area is 194 Å². The Morgan fingerprint density at radius 3 is 2.23 bits per heavy atom. The minimum atomic E-state index is -0.0896. The highest BCUT2D eigenvalue weighted by Crippen LogP contribution is 2.74. The van der Waals surface area contributed by atoms with Crippen LogP contribution in [0.25, 0.3) is 0 Å². The topological polar surface area (TPSA) is 20.2 Å². The molecule has 0 aromatic carbocycles. The summed E-state index contributed by atoms with van der Waals surface area (Å²) in [6.07, 6.45) is 14.8. The zero-order valence-electron chi connectivity index (χ0n) is 22.3. The molecular weight excluding hydrogens is 376 g/mol. The Hall–Kier alpha value is -0.0400. The van der Waals surface area contributed by atoms with Crippen molar-refractivity contribution in [3.8, 4) is 0 Å². The second kappa shape index (κ2) is 8.02. The number of fused-ring (bicyclic) bond motifs is 5. The molecule has 0 spiro atoms. The Kier molecular flexibility index (Phi) is 6.24. The number of hydrogen-bond acceptors (Lipinski definition) is 1. The van der Waals surface area contributed by atoms with Crippen LogP contribution in [0, 0.1) is 57.2 Å². The maximum atomic E-state index is 11.9. The fourth-order valence-electron chi connectivity index (χ4n) is 10.7. The van der Waals surface area contributed by atoms with Gasteiger partial charge in [-0.3, -0.25) is 0 Å². The Balaban J connectivity index is 1.60. The summed E-state index contributed by atoms with van der Waals surface area (Å²) < 4.78 is 0. The van der Waals surface area contributed by atoms with Gasteiger partial charge < -0.3 is 5.11 Å². The number of aliphatic hydroxyl groups excluding tert-OH is 1. The largest absolute Gasteiger partial charge is 0.393 e. The van der Waals surface area contributed by atoms with Gasteiger partial charge in [0.2, 0.25) is 0 Å². The summed E-state index contributed by atoms with van der Waals surface area (Å²) in [7, 11) is 0. The maximum absolute atomic E-state index is 11.9. The lowest BCUT2D eigenvalue weighted by atomic mass is 9.37. The number of hydrogen-bond donors (Lipinski definition) is 1. The van der Waals surface area contributed by atoms with Crippen molar-refractivity contribution < 1.29 is 5.11 Å². The molecule has 0 unspecified atom stereocenters. The smallest absolute Gasteiger partial charge is 0.0582 e. The summed E-state index contributed by atoms with van der Waals surface area (Å²) in [5, 5.41) is 11.9. The molecule has 4 fully saturated rings. The maximum Gasteiger partial charge on any atom is 0.0582 e. The minimum absolute atomic E-state index is 0.0896. The highest BCUT2D eigenvalue weighted by Gasteiger charge is 2.69. The van der Waals surface area contributed by atoms with E-state index in [4.69, 9.17) is 0 Å². The van der Waals surface area contributed by atoms with Crippen LogP contribution in [0.3, 0.4) is 0 Å². The summed E-state index contributed by atoms with van der Waals surface area (Å²) >= 11 is 0. The molecule has 180 valence electrons. The van der Waals surface area contributed by atoms with Crippen LogP contribution in [-0.2, 0) is 0 Å². The molecule has 0 radical (unpaired) electrons. The van der Waals surface area contributed by atoms with Crippen LogP contribution in [0.1, 0.15) is 126 Å². The predicted molar refractivity (Wildman–Crippen MR) is 133 cm³/mol. The first kappa shape index (κ1) is 24.1. The van der Waals surface area contributed by atoms with Crippen molar-refractivity contribution in [1.82, 2.24) is 0 Å². The summed E-state index contributed by atoms with van der Waals surface area (Å²) in [6, 6.07) is 0.